The summed E-state index contributed by atoms with van der Waals surface area (Å²) in [6, 6.07) is 17.8. The molecule has 0 saturated carbocycles. The standard InChI is InChI=1S/C20H24ClNOSSi/c1-25(2,3)14-13-23-15-22-12-11-18-19(22)5-4-6-20(18)24-17-9-7-16(21)8-10-17/h4-12H,13-15H2,1-3H3. The topological polar surface area (TPSA) is 14.2 Å². The summed E-state index contributed by atoms with van der Waals surface area (Å²) < 4.78 is 8.10. The minimum atomic E-state index is -1.04. The maximum Gasteiger partial charge on any atom is 0.122 e. The molecule has 1 aromatic heterocycles. The Morgan fingerprint density at radius 1 is 1.04 bits per heavy atom. The number of ether oxygens (including phenoxy) is 1. The van der Waals surface area contributed by atoms with E-state index in [9.17, 15) is 0 Å². The molecule has 0 unspecified atom stereocenters. The fourth-order valence-corrected chi connectivity index (χ4v) is 4.41. The lowest BCUT2D eigenvalue weighted by molar-refractivity contribution is 0.0902. The van der Waals surface area contributed by atoms with E-state index in [1.165, 1.54) is 26.7 Å². The summed E-state index contributed by atoms with van der Waals surface area (Å²) in [5, 5.41) is 2.03. The fourth-order valence-electron chi connectivity index (χ4n) is 2.57. The van der Waals surface area contributed by atoms with E-state index in [1.54, 1.807) is 11.8 Å². The van der Waals surface area contributed by atoms with Crippen LogP contribution in [-0.2, 0) is 11.5 Å². The average molecular weight is 390 g/mol. The lowest BCUT2D eigenvalue weighted by atomic mass is 10.2. The van der Waals surface area contributed by atoms with Gasteiger partial charge in [0.2, 0.25) is 0 Å². The summed E-state index contributed by atoms with van der Waals surface area (Å²) in [4.78, 5) is 2.44. The number of halogens is 1. The van der Waals surface area contributed by atoms with Crippen LogP contribution in [0.25, 0.3) is 10.9 Å². The zero-order valence-electron chi connectivity index (χ0n) is 15.0. The van der Waals surface area contributed by atoms with Crippen LogP contribution in [-0.4, -0.2) is 19.2 Å². The molecular weight excluding hydrogens is 366 g/mol. The highest BCUT2D eigenvalue weighted by Crippen LogP contribution is 2.34. The third kappa shape index (κ3) is 5.14. The molecule has 0 aliphatic heterocycles. The van der Waals surface area contributed by atoms with Gasteiger partial charge in [0.1, 0.15) is 6.73 Å². The Balaban J connectivity index is 1.72. The first-order valence-electron chi connectivity index (χ1n) is 8.51. The van der Waals surface area contributed by atoms with Crippen molar-refractivity contribution < 1.29 is 4.74 Å². The molecule has 25 heavy (non-hydrogen) atoms. The van der Waals surface area contributed by atoms with E-state index >= 15 is 0 Å². The molecule has 0 saturated heterocycles. The van der Waals surface area contributed by atoms with Crippen molar-refractivity contribution in [3.8, 4) is 0 Å². The summed E-state index contributed by atoms with van der Waals surface area (Å²) in [7, 11) is -1.04. The molecule has 2 nitrogen and oxygen atoms in total. The van der Waals surface area contributed by atoms with Crippen molar-refractivity contribution in [3.63, 3.8) is 0 Å². The third-order valence-corrected chi connectivity index (χ3v) is 7.08. The number of hydrogen-bond donors (Lipinski definition) is 0. The van der Waals surface area contributed by atoms with Crippen molar-refractivity contribution in [1.82, 2.24) is 4.57 Å². The molecule has 0 atom stereocenters. The van der Waals surface area contributed by atoms with Gasteiger partial charge in [-0.15, -0.1) is 0 Å². The minimum absolute atomic E-state index is 0.614. The molecule has 0 amide bonds. The predicted molar refractivity (Wildman–Crippen MR) is 112 cm³/mol. The van der Waals surface area contributed by atoms with Gasteiger partial charge in [-0.2, -0.15) is 0 Å². The number of fused-ring (bicyclic) bond motifs is 1. The molecule has 0 fully saturated rings. The van der Waals surface area contributed by atoms with Crippen molar-refractivity contribution in [2.45, 2.75) is 42.2 Å². The Labute approximate surface area is 160 Å². The molecular formula is C20H24ClNOSSi. The molecule has 0 N–H and O–H groups in total. The van der Waals surface area contributed by atoms with Gasteiger partial charge in [-0.25, -0.2) is 0 Å². The first-order chi connectivity index (χ1) is 11.9. The second-order valence-corrected chi connectivity index (χ2v) is 14.6. The maximum absolute atomic E-state index is 5.98. The average Bonchev–Trinajstić information content (AvgIpc) is 2.97. The van der Waals surface area contributed by atoms with Crippen LogP contribution in [0.5, 0.6) is 0 Å². The largest absolute Gasteiger partial charge is 0.361 e. The van der Waals surface area contributed by atoms with Crippen molar-refractivity contribution in [2.75, 3.05) is 6.61 Å². The second-order valence-electron chi connectivity index (χ2n) is 7.38. The summed E-state index contributed by atoms with van der Waals surface area (Å²) in [6.45, 7) is 8.59. The van der Waals surface area contributed by atoms with Gasteiger partial charge in [0.05, 0.1) is 5.52 Å². The van der Waals surface area contributed by atoms with Gasteiger partial charge in [0, 0.05) is 41.1 Å². The van der Waals surface area contributed by atoms with Crippen LogP contribution in [0.2, 0.25) is 30.7 Å². The Morgan fingerprint density at radius 3 is 2.52 bits per heavy atom. The van der Waals surface area contributed by atoms with Crippen LogP contribution in [0.1, 0.15) is 0 Å². The highest BCUT2D eigenvalue weighted by atomic mass is 35.5. The lowest BCUT2D eigenvalue weighted by Crippen LogP contribution is -2.21. The summed E-state index contributed by atoms with van der Waals surface area (Å²) >= 11 is 7.74. The third-order valence-electron chi connectivity index (χ3n) is 4.04. The Kier molecular flexibility index (Phi) is 5.95. The van der Waals surface area contributed by atoms with E-state index in [-0.39, 0.29) is 0 Å². The van der Waals surface area contributed by atoms with Gasteiger partial charge in [-0.1, -0.05) is 49.1 Å². The number of hydrogen-bond acceptors (Lipinski definition) is 2. The molecule has 0 aliphatic rings. The van der Waals surface area contributed by atoms with E-state index < -0.39 is 8.07 Å². The highest BCUT2D eigenvalue weighted by Gasteiger charge is 2.12. The molecule has 2 aromatic carbocycles. The van der Waals surface area contributed by atoms with Gasteiger partial charge < -0.3 is 9.30 Å². The van der Waals surface area contributed by atoms with Gasteiger partial charge in [-0.3, -0.25) is 0 Å². The van der Waals surface area contributed by atoms with Crippen molar-refractivity contribution in [2.24, 2.45) is 0 Å². The smallest absolute Gasteiger partial charge is 0.122 e. The zero-order chi connectivity index (χ0) is 17.9. The maximum atomic E-state index is 5.98. The monoisotopic (exact) mass is 389 g/mol. The van der Waals surface area contributed by atoms with E-state index in [0.717, 1.165) is 11.6 Å². The summed E-state index contributed by atoms with van der Waals surface area (Å²) in [5.41, 5.74) is 1.21. The fraction of sp³-hybridized carbons (Fsp3) is 0.300. The highest BCUT2D eigenvalue weighted by molar-refractivity contribution is 7.99. The predicted octanol–water partition coefficient (Wildman–Crippen LogP) is 6.76. The van der Waals surface area contributed by atoms with Gasteiger partial charge in [-0.05, 0) is 48.5 Å². The first-order valence-corrected chi connectivity index (χ1v) is 13.4. The van der Waals surface area contributed by atoms with E-state index in [0.29, 0.717) is 6.73 Å². The van der Waals surface area contributed by atoms with Crippen molar-refractivity contribution in [3.05, 3.63) is 59.8 Å². The normalized spacial score (nSPS) is 12.0. The number of aromatic nitrogens is 1. The molecule has 3 rings (SSSR count). The number of nitrogens with zero attached hydrogens (tertiary/aromatic N) is 1. The first kappa shape index (κ1) is 18.6. The molecule has 0 radical (unpaired) electrons. The SMILES string of the molecule is C[Si](C)(C)CCOCn1ccc2c(Sc3ccc(Cl)cc3)cccc21. The van der Waals surface area contributed by atoms with E-state index in [2.05, 4.69) is 66.8 Å². The van der Waals surface area contributed by atoms with E-state index in [4.69, 9.17) is 16.3 Å². The summed E-state index contributed by atoms with van der Waals surface area (Å²) in [6.07, 6.45) is 2.12. The van der Waals surface area contributed by atoms with Gasteiger partial charge in [0.15, 0.2) is 0 Å². The van der Waals surface area contributed by atoms with Crippen LogP contribution >= 0.6 is 23.4 Å². The van der Waals surface area contributed by atoms with Gasteiger partial charge >= 0.3 is 0 Å². The van der Waals surface area contributed by atoms with Crippen LogP contribution in [0, 0.1) is 0 Å². The van der Waals surface area contributed by atoms with Crippen molar-refractivity contribution in [1.29, 1.82) is 0 Å². The Bertz CT molecular complexity index is 839. The van der Waals surface area contributed by atoms with Crippen LogP contribution in [0.3, 0.4) is 0 Å². The molecule has 0 spiro atoms. The van der Waals surface area contributed by atoms with Crippen LogP contribution in [0.15, 0.2) is 64.5 Å². The quantitative estimate of drug-likeness (QED) is 0.327. The number of benzene rings is 2. The van der Waals surface area contributed by atoms with Crippen molar-refractivity contribution >= 4 is 42.3 Å². The molecule has 0 aliphatic carbocycles. The molecule has 5 heteroatoms. The Morgan fingerprint density at radius 2 is 1.80 bits per heavy atom. The lowest BCUT2D eigenvalue weighted by Gasteiger charge is -2.15. The second kappa shape index (κ2) is 8.00. The van der Waals surface area contributed by atoms with E-state index in [1.807, 2.05) is 12.1 Å². The van der Waals surface area contributed by atoms with Gasteiger partial charge in [0.25, 0.3) is 0 Å². The minimum Gasteiger partial charge on any atom is -0.361 e. The van der Waals surface area contributed by atoms with Crippen LogP contribution in [0.4, 0.5) is 0 Å². The molecule has 1 heterocycles. The van der Waals surface area contributed by atoms with Crippen LogP contribution < -0.4 is 0 Å². The Hall–Kier alpha value is -1.20. The molecule has 3 aromatic rings. The number of rotatable bonds is 7. The summed E-state index contributed by atoms with van der Waals surface area (Å²) in [5.74, 6) is 0. The molecule has 132 valence electrons. The molecule has 0 bridgehead atoms. The zero-order valence-corrected chi connectivity index (χ0v) is 17.5.